The number of nitrogens with zero attached hydrogens (tertiary/aromatic N) is 2. The van der Waals surface area contributed by atoms with Crippen LogP contribution >= 0.6 is 12.8 Å². The summed E-state index contributed by atoms with van der Waals surface area (Å²) in [4.78, 5) is 16.9. The number of pyridine rings is 1. The average Bonchev–Trinajstić information content (AvgIpc) is 2.89. The maximum atomic E-state index is 13.2. The Morgan fingerprint density at radius 1 is 0.971 bits per heavy atom. The predicted octanol–water partition coefficient (Wildman–Crippen LogP) is 5.49. The fraction of sp³-hybridized carbons (Fsp3) is 0.0769. The maximum Gasteiger partial charge on any atom is 0.319 e. The first-order chi connectivity index (χ1) is 17.0. The van der Waals surface area contributed by atoms with Crippen LogP contribution in [0.4, 0.5) is 21.9 Å². The maximum absolute atomic E-state index is 13.2. The summed E-state index contributed by atoms with van der Waals surface area (Å²) in [5.41, 5.74) is 5.02. The van der Waals surface area contributed by atoms with Gasteiger partial charge in [0.15, 0.2) is 4.90 Å². The van der Waals surface area contributed by atoms with E-state index in [1.165, 1.54) is 0 Å². The molecule has 0 saturated carbocycles. The van der Waals surface area contributed by atoms with Gasteiger partial charge in [-0.1, -0.05) is 43.1 Å². The van der Waals surface area contributed by atoms with Gasteiger partial charge in [-0.25, -0.2) is 9.52 Å². The van der Waals surface area contributed by atoms with E-state index in [-0.39, 0.29) is 6.03 Å². The average molecular weight is 504 g/mol. The van der Waals surface area contributed by atoms with Crippen molar-refractivity contribution in [3.63, 3.8) is 0 Å². The number of aromatic nitrogens is 1. The van der Waals surface area contributed by atoms with E-state index in [9.17, 15) is 9.35 Å². The highest BCUT2D eigenvalue weighted by Gasteiger charge is 2.18. The van der Waals surface area contributed by atoms with Gasteiger partial charge in [-0.3, -0.25) is 4.98 Å². The highest BCUT2D eigenvalue weighted by Crippen LogP contribution is 2.30. The van der Waals surface area contributed by atoms with E-state index in [0.717, 1.165) is 22.4 Å². The van der Waals surface area contributed by atoms with Crippen molar-refractivity contribution in [1.82, 2.24) is 10.3 Å². The van der Waals surface area contributed by atoms with Crippen molar-refractivity contribution in [1.29, 1.82) is 0 Å². The molecule has 4 rings (SSSR count). The molecule has 0 fully saturated rings. The number of nitrogens with one attached hydrogen (secondary N) is 3. The van der Waals surface area contributed by atoms with E-state index >= 15 is 0 Å². The quantitative estimate of drug-likeness (QED) is 0.189. The molecule has 0 radical (unpaired) electrons. The van der Waals surface area contributed by atoms with Crippen LogP contribution in [0.25, 0.3) is 11.1 Å². The van der Waals surface area contributed by atoms with Crippen molar-refractivity contribution < 1.29 is 9.35 Å². The van der Waals surface area contributed by atoms with E-state index in [4.69, 9.17) is 0 Å². The van der Waals surface area contributed by atoms with Gasteiger partial charge < -0.3 is 19.5 Å². The van der Waals surface area contributed by atoms with Crippen molar-refractivity contribution >= 4 is 47.3 Å². The Labute approximate surface area is 213 Å². The molecule has 0 bridgehead atoms. The number of hydrogen-bond donors (Lipinski definition) is 4. The Morgan fingerprint density at radius 2 is 1.69 bits per heavy atom. The predicted molar refractivity (Wildman–Crippen MR) is 146 cm³/mol. The standard InChI is InChI=1S/C26H25N5O2S2/c1-31(34)23-14-8-20(9-15-23)24-6-2-3-7-25(24)35(33)30-22-12-10-21(11-13-22)29-26(32)28-18-19-5-4-16-27-17-19/h2-17,30,34H,18H2,1H3,(H2,28,29,32). The number of thiol groups is 1. The highest BCUT2D eigenvalue weighted by molar-refractivity contribution is 7.92. The lowest BCUT2D eigenvalue weighted by molar-refractivity contribution is 0.251. The van der Waals surface area contributed by atoms with E-state index in [0.29, 0.717) is 22.8 Å². The summed E-state index contributed by atoms with van der Waals surface area (Å²) in [5, 5.41) is 5.57. The van der Waals surface area contributed by atoms with Crippen LogP contribution in [-0.4, -0.2) is 22.6 Å². The molecule has 1 unspecified atom stereocenters. The van der Waals surface area contributed by atoms with E-state index in [1.807, 2.05) is 67.7 Å². The zero-order chi connectivity index (χ0) is 24.6. The number of anilines is 3. The van der Waals surface area contributed by atoms with Crippen LogP contribution in [0.3, 0.4) is 0 Å². The summed E-state index contributed by atoms with van der Waals surface area (Å²) >= 11 is 2.83. The molecule has 2 amide bonds. The first kappa shape index (κ1) is 24.5. The van der Waals surface area contributed by atoms with Crippen molar-refractivity contribution in [2.24, 2.45) is 0 Å². The largest absolute Gasteiger partial charge is 0.588 e. The second-order valence-electron chi connectivity index (χ2n) is 7.68. The molecule has 4 aromatic rings. The zero-order valence-corrected chi connectivity index (χ0v) is 20.7. The van der Waals surface area contributed by atoms with Gasteiger partial charge >= 0.3 is 6.03 Å². The summed E-state index contributed by atoms with van der Waals surface area (Å²) in [7, 11) is 1.86. The van der Waals surface area contributed by atoms with Crippen molar-refractivity contribution in [2.45, 2.75) is 11.4 Å². The Hall–Kier alpha value is -3.66. The van der Waals surface area contributed by atoms with Crippen LogP contribution in [-0.2, 0) is 17.9 Å². The minimum atomic E-state index is -1.48. The van der Waals surface area contributed by atoms with Gasteiger partial charge in [-0.05, 0) is 65.7 Å². The SMILES string of the molecule is CN(S)c1ccc(-c2ccccc2[S+]([O-])Nc2ccc(NC(=O)NCc3cccnc3)cc2)cc1. The molecule has 0 saturated heterocycles. The van der Waals surface area contributed by atoms with Crippen LogP contribution in [0.2, 0.25) is 0 Å². The van der Waals surface area contributed by atoms with Gasteiger partial charge in [-0.2, -0.15) is 0 Å². The summed E-state index contributed by atoms with van der Waals surface area (Å²) in [5.74, 6) is 0. The Balaban J connectivity index is 1.38. The number of urea groups is 1. The van der Waals surface area contributed by atoms with Crippen LogP contribution in [0.1, 0.15) is 5.56 Å². The molecule has 0 aliphatic carbocycles. The minimum Gasteiger partial charge on any atom is -0.588 e. The van der Waals surface area contributed by atoms with Crippen molar-refractivity contribution in [3.8, 4) is 11.1 Å². The smallest absolute Gasteiger partial charge is 0.319 e. The third kappa shape index (κ3) is 6.69. The molecule has 7 nitrogen and oxygen atoms in total. The summed E-state index contributed by atoms with van der Waals surface area (Å²) < 4.78 is 17.9. The Bertz CT molecular complexity index is 1250. The van der Waals surface area contributed by atoms with E-state index < -0.39 is 11.4 Å². The molecule has 3 N–H and O–H groups in total. The van der Waals surface area contributed by atoms with Crippen LogP contribution in [0.5, 0.6) is 0 Å². The van der Waals surface area contributed by atoms with E-state index in [1.54, 1.807) is 41.0 Å². The molecule has 0 aliphatic rings. The lowest BCUT2D eigenvalue weighted by Gasteiger charge is -2.16. The monoisotopic (exact) mass is 503 g/mol. The lowest BCUT2D eigenvalue weighted by Crippen LogP contribution is -2.28. The van der Waals surface area contributed by atoms with Gasteiger partial charge in [0.05, 0.1) is 5.69 Å². The molecule has 0 spiro atoms. The van der Waals surface area contributed by atoms with E-state index in [2.05, 4.69) is 33.2 Å². The first-order valence-electron chi connectivity index (χ1n) is 10.8. The lowest BCUT2D eigenvalue weighted by atomic mass is 10.1. The number of carbonyl (C=O) groups is 1. The van der Waals surface area contributed by atoms with Gasteiger partial charge in [0, 0.05) is 42.9 Å². The normalized spacial score (nSPS) is 11.4. The summed E-state index contributed by atoms with van der Waals surface area (Å²) in [6, 6.07) is 25.9. The Morgan fingerprint density at radius 3 is 2.37 bits per heavy atom. The molecule has 1 atom stereocenters. The molecule has 1 aromatic heterocycles. The molecular weight excluding hydrogens is 478 g/mol. The van der Waals surface area contributed by atoms with Crippen LogP contribution < -0.4 is 19.7 Å². The number of benzene rings is 3. The first-order valence-corrected chi connectivity index (χ1v) is 12.4. The summed E-state index contributed by atoms with van der Waals surface area (Å²) in [6.45, 7) is 0.381. The van der Waals surface area contributed by atoms with Crippen molar-refractivity contribution in [3.05, 3.63) is 103 Å². The van der Waals surface area contributed by atoms with Crippen LogP contribution in [0, 0.1) is 0 Å². The van der Waals surface area contributed by atoms with Gasteiger partial charge in [0.2, 0.25) is 0 Å². The molecule has 1 heterocycles. The van der Waals surface area contributed by atoms with Crippen molar-refractivity contribution in [2.75, 3.05) is 21.4 Å². The second kappa shape index (κ2) is 11.7. The number of rotatable bonds is 8. The molecule has 9 heteroatoms. The minimum absolute atomic E-state index is 0.317. The zero-order valence-electron chi connectivity index (χ0n) is 19.0. The molecule has 0 aliphatic heterocycles. The number of amides is 2. The third-order valence-corrected chi connectivity index (χ3v) is 6.58. The topological polar surface area (TPSA) is 92.4 Å². The van der Waals surface area contributed by atoms with Gasteiger partial charge in [0.1, 0.15) is 11.4 Å². The number of hydrogen-bond acceptors (Lipinski definition) is 6. The van der Waals surface area contributed by atoms with Gasteiger partial charge in [-0.15, -0.1) is 0 Å². The molecular formula is C26H25N5O2S2. The van der Waals surface area contributed by atoms with Gasteiger partial charge in [0.25, 0.3) is 0 Å². The molecule has 178 valence electrons. The van der Waals surface area contributed by atoms with Crippen LogP contribution in [0.15, 0.2) is 102 Å². The summed E-state index contributed by atoms with van der Waals surface area (Å²) in [6.07, 6.45) is 3.39. The third-order valence-electron chi connectivity index (χ3n) is 5.17. The fourth-order valence-electron chi connectivity index (χ4n) is 3.37. The highest BCUT2D eigenvalue weighted by atomic mass is 32.2. The Kier molecular flexibility index (Phi) is 8.15. The second-order valence-corrected chi connectivity index (χ2v) is 9.47. The molecule has 35 heavy (non-hydrogen) atoms. The molecule has 3 aromatic carbocycles. The fourth-order valence-corrected chi connectivity index (χ4v) is 4.55. The number of carbonyl (C=O) groups excluding carboxylic acids is 1.